The van der Waals surface area contributed by atoms with E-state index in [1.165, 1.54) is 0 Å². The summed E-state index contributed by atoms with van der Waals surface area (Å²) in [6.45, 7) is 7.38. The second-order valence-electron chi connectivity index (χ2n) is 5.80. The fraction of sp³-hybridized carbons (Fsp3) is 1.00. The predicted molar refractivity (Wildman–Crippen MR) is 92.0 cm³/mol. The van der Waals surface area contributed by atoms with Crippen LogP contribution in [0.5, 0.6) is 0 Å². The summed E-state index contributed by atoms with van der Waals surface area (Å²) in [5.74, 6) is 1.60. The normalized spacial score (nSPS) is 20.0. The van der Waals surface area contributed by atoms with Crippen molar-refractivity contribution >= 4 is 22.0 Å². The van der Waals surface area contributed by atoms with Gasteiger partial charge in [-0.3, -0.25) is 0 Å². The molecule has 0 spiro atoms. The van der Waals surface area contributed by atoms with Crippen LogP contribution in [0, 0.1) is 5.92 Å². The first-order chi connectivity index (χ1) is 9.93. The van der Waals surface area contributed by atoms with Crippen LogP contribution in [-0.4, -0.2) is 68.3 Å². The summed E-state index contributed by atoms with van der Waals surface area (Å²) < 4.78 is 28.5. The molecule has 7 heteroatoms. The Morgan fingerprint density at radius 2 is 2.00 bits per heavy atom. The van der Waals surface area contributed by atoms with Crippen molar-refractivity contribution < 1.29 is 8.42 Å². The van der Waals surface area contributed by atoms with Gasteiger partial charge in [0.05, 0.1) is 0 Å². The van der Waals surface area contributed by atoms with E-state index in [2.05, 4.69) is 18.5 Å². The van der Waals surface area contributed by atoms with E-state index in [0.717, 1.165) is 38.1 Å². The molecule has 0 aromatic heterocycles. The molecular formula is C14H31N3O2S2. The van der Waals surface area contributed by atoms with Gasteiger partial charge in [-0.25, -0.2) is 0 Å². The summed E-state index contributed by atoms with van der Waals surface area (Å²) in [6.07, 6.45) is 4.86. The maximum absolute atomic E-state index is 12.6. The first-order valence-corrected chi connectivity index (χ1v) is 10.6. The van der Waals surface area contributed by atoms with E-state index in [-0.39, 0.29) is 6.04 Å². The zero-order valence-corrected chi connectivity index (χ0v) is 15.5. The quantitative estimate of drug-likeness (QED) is 0.695. The second kappa shape index (κ2) is 9.35. The Bertz CT molecular complexity index is 382. The maximum Gasteiger partial charge on any atom is 0.281 e. The van der Waals surface area contributed by atoms with Gasteiger partial charge in [-0.1, -0.05) is 6.92 Å². The van der Waals surface area contributed by atoms with Crippen LogP contribution in [0.1, 0.15) is 33.1 Å². The summed E-state index contributed by atoms with van der Waals surface area (Å²) in [5.41, 5.74) is 0. The monoisotopic (exact) mass is 337 g/mol. The lowest BCUT2D eigenvalue weighted by atomic mass is 9.98. The maximum atomic E-state index is 12.6. The number of thioether (sulfide) groups is 1. The van der Waals surface area contributed by atoms with Gasteiger partial charge in [0.15, 0.2) is 0 Å². The average Bonchev–Trinajstić information content (AvgIpc) is 2.50. The van der Waals surface area contributed by atoms with Crippen LogP contribution in [0.3, 0.4) is 0 Å². The summed E-state index contributed by atoms with van der Waals surface area (Å²) in [5, 5.41) is 3.36. The minimum absolute atomic E-state index is 0.0573. The van der Waals surface area contributed by atoms with E-state index in [9.17, 15) is 8.42 Å². The molecule has 1 aliphatic heterocycles. The fourth-order valence-electron chi connectivity index (χ4n) is 2.57. The molecule has 1 saturated heterocycles. The van der Waals surface area contributed by atoms with E-state index >= 15 is 0 Å². The summed E-state index contributed by atoms with van der Waals surface area (Å²) in [7, 11) is -1.59. The molecular weight excluding hydrogens is 306 g/mol. The molecule has 1 aliphatic rings. The summed E-state index contributed by atoms with van der Waals surface area (Å²) >= 11 is 1.76. The van der Waals surface area contributed by atoms with Crippen molar-refractivity contribution in [3.05, 3.63) is 0 Å². The van der Waals surface area contributed by atoms with Gasteiger partial charge in [-0.15, -0.1) is 0 Å². The van der Waals surface area contributed by atoms with Crippen LogP contribution in [-0.2, 0) is 10.2 Å². The van der Waals surface area contributed by atoms with Crippen molar-refractivity contribution in [2.24, 2.45) is 5.92 Å². The average molecular weight is 338 g/mol. The fourth-order valence-corrected chi connectivity index (χ4v) is 4.75. The molecule has 0 radical (unpaired) electrons. The first kappa shape index (κ1) is 19.2. The molecule has 1 unspecified atom stereocenters. The molecule has 126 valence electrons. The van der Waals surface area contributed by atoms with Crippen LogP contribution in [0.15, 0.2) is 0 Å². The predicted octanol–water partition coefficient (Wildman–Crippen LogP) is 1.63. The van der Waals surface area contributed by atoms with Crippen LogP contribution in [0.2, 0.25) is 0 Å². The SMILES string of the molecule is CCNCC1CCN(S(=O)(=O)N(C)C(C)CCSC)CC1. The smallest absolute Gasteiger partial charge is 0.281 e. The molecule has 0 aromatic carbocycles. The Balaban J connectivity index is 2.52. The highest BCUT2D eigenvalue weighted by molar-refractivity contribution is 7.98. The number of nitrogens with zero attached hydrogens (tertiary/aromatic N) is 2. The Hall–Kier alpha value is 0.180. The molecule has 1 atom stereocenters. The molecule has 5 nitrogen and oxygen atoms in total. The van der Waals surface area contributed by atoms with Crippen molar-refractivity contribution in [1.29, 1.82) is 0 Å². The van der Waals surface area contributed by atoms with Gasteiger partial charge >= 0.3 is 0 Å². The number of hydrogen-bond acceptors (Lipinski definition) is 4. The number of hydrogen-bond donors (Lipinski definition) is 1. The van der Waals surface area contributed by atoms with E-state index in [1.807, 2.05) is 6.92 Å². The van der Waals surface area contributed by atoms with Gasteiger partial charge in [0.1, 0.15) is 0 Å². The molecule has 0 aliphatic carbocycles. The standard InChI is InChI=1S/C14H31N3O2S2/c1-5-15-12-14-6-9-17(10-7-14)21(18,19)16(3)13(2)8-11-20-4/h13-15H,5-12H2,1-4H3. The van der Waals surface area contributed by atoms with Crippen molar-refractivity contribution in [2.75, 3.05) is 45.2 Å². The van der Waals surface area contributed by atoms with Gasteiger partial charge in [0.25, 0.3) is 10.2 Å². The third kappa shape index (κ3) is 5.71. The number of piperidine rings is 1. The minimum Gasteiger partial charge on any atom is -0.317 e. The molecule has 0 amide bonds. The van der Waals surface area contributed by atoms with Crippen LogP contribution < -0.4 is 5.32 Å². The lowest BCUT2D eigenvalue weighted by molar-refractivity contribution is 0.246. The molecule has 21 heavy (non-hydrogen) atoms. The summed E-state index contributed by atoms with van der Waals surface area (Å²) in [4.78, 5) is 0. The number of rotatable bonds is 9. The zero-order chi connectivity index (χ0) is 15.9. The van der Waals surface area contributed by atoms with E-state index in [1.54, 1.807) is 27.4 Å². The zero-order valence-electron chi connectivity index (χ0n) is 13.8. The van der Waals surface area contributed by atoms with Crippen LogP contribution in [0.4, 0.5) is 0 Å². The Morgan fingerprint density at radius 1 is 1.38 bits per heavy atom. The van der Waals surface area contributed by atoms with Gasteiger partial charge in [0, 0.05) is 26.2 Å². The highest BCUT2D eigenvalue weighted by Gasteiger charge is 2.32. The van der Waals surface area contributed by atoms with Crippen molar-refractivity contribution in [3.8, 4) is 0 Å². The Labute approximate surface area is 135 Å². The number of nitrogens with one attached hydrogen (secondary N) is 1. The topological polar surface area (TPSA) is 52.7 Å². The van der Waals surface area contributed by atoms with E-state index in [4.69, 9.17) is 0 Å². The van der Waals surface area contributed by atoms with Crippen LogP contribution >= 0.6 is 11.8 Å². The van der Waals surface area contributed by atoms with E-state index < -0.39 is 10.2 Å². The van der Waals surface area contributed by atoms with E-state index in [0.29, 0.717) is 19.0 Å². The molecule has 1 rings (SSSR count). The van der Waals surface area contributed by atoms with Crippen molar-refractivity contribution in [1.82, 2.24) is 13.9 Å². The largest absolute Gasteiger partial charge is 0.317 e. The molecule has 1 N–H and O–H groups in total. The third-order valence-corrected chi connectivity index (χ3v) is 7.06. The molecule has 0 saturated carbocycles. The molecule has 1 heterocycles. The Kier molecular flexibility index (Phi) is 8.56. The van der Waals surface area contributed by atoms with Gasteiger partial charge in [-0.2, -0.15) is 28.8 Å². The third-order valence-electron chi connectivity index (χ3n) is 4.31. The Morgan fingerprint density at radius 3 is 2.52 bits per heavy atom. The lowest BCUT2D eigenvalue weighted by Crippen LogP contribution is -2.49. The highest BCUT2D eigenvalue weighted by Crippen LogP contribution is 2.22. The minimum atomic E-state index is -3.30. The molecule has 1 fully saturated rings. The van der Waals surface area contributed by atoms with Crippen molar-refractivity contribution in [2.45, 2.75) is 39.2 Å². The molecule has 0 bridgehead atoms. The van der Waals surface area contributed by atoms with Crippen LogP contribution in [0.25, 0.3) is 0 Å². The van der Waals surface area contributed by atoms with Gasteiger partial charge in [0.2, 0.25) is 0 Å². The second-order valence-corrected chi connectivity index (χ2v) is 8.78. The van der Waals surface area contributed by atoms with Gasteiger partial charge < -0.3 is 5.32 Å². The highest BCUT2D eigenvalue weighted by atomic mass is 32.2. The lowest BCUT2D eigenvalue weighted by Gasteiger charge is -2.35. The molecule has 0 aromatic rings. The van der Waals surface area contributed by atoms with Crippen molar-refractivity contribution in [3.63, 3.8) is 0 Å². The van der Waals surface area contributed by atoms with Gasteiger partial charge in [-0.05, 0) is 57.2 Å². The summed E-state index contributed by atoms with van der Waals surface area (Å²) in [6, 6.07) is 0.0573. The first-order valence-electron chi connectivity index (χ1n) is 7.86.